The van der Waals surface area contributed by atoms with Crippen LogP contribution >= 0.6 is 0 Å². The number of nitrogens with one attached hydrogen (secondary N) is 1. The molecule has 4 nitrogen and oxygen atoms in total. The summed E-state index contributed by atoms with van der Waals surface area (Å²) in [5.41, 5.74) is 0. The minimum Gasteiger partial charge on any atom is -0.359 e. The van der Waals surface area contributed by atoms with Gasteiger partial charge in [0.2, 0.25) is 5.91 Å². The average Bonchev–Trinajstić information content (AvgIpc) is 1.79. The van der Waals surface area contributed by atoms with Crippen LogP contribution in [0.3, 0.4) is 0 Å². The van der Waals surface area contributed by atoms with Crippen molar-refractivity contribution in [1.29, 1.82) is 0 Å². The van der Waals surface area contributed by atoms with Crippen molar-refractivity contribution >= 4 is 5.91 Å². The van der Waals surface area contributed by atoms with Crippen LogP contribution in [0, 0.1) is 5.92 Å². The molecule has 0 bridgehead atoms. The predicted octanol–water partition coefficient (Wildman–Crippen LogP) is -1.46. The number of carbonyl (C=O) groups excluding carboxylic acids is 1. The van der Waals surface area contributed by atoms with Crippen molar-refractivity contribution in [1.82, 2.24) is 10.3 Å². The highest BCUT2D eigenvalue weighted by molar-refractivity contribution is 5.79. The van der Waals surface area contributed by atoms with Crippen LogP contribution in [-0.4, -0.2) is 31.1 Å². The van der Waals surface area contributed by atoms with Crippen LogP contribution in [0.2, 0.25) is 0 Å². The summed E-state index contributed by atoms with van der Waals surface area (Å²) in [5, 5.41) is 4.19. The third kappa shape index (κ3) is 1.20. The first-order chi connectivity index (χ1) is 4.24. The Morgan fingerprint density at radius 1 is 1.78 bits per heavy atom. The van der Waals surface area contributed by atoms with Crippen molar-refractivity contribution in [2.24, 2.45) is 11.8 Å². The maximum Gasteiger partial charge on any atom is 0.225 e. The second-order valence-corrected chi connectivity index (χ2v) is 2.27. The maximum absolute atomic E-state index is 10.7. The van der Waals surface area contributed by atoms with E-state index in [1.165, 1.54) is 0 Å². The summed E-state index contributed by atoms with van der Waals surface area (Å²) in [4.78, 5) is 10.7. The lowest BCUT2D eigenvalue weighted by atomic mass is 10.0. The molecule has 0 radical (unpaired) electrons. The Bertz CT molecular complexity index is 119. The van der Waals surface area contributed by atoms with Crippen molar-refractivity contribution in [2.45, 2.75) is 0 Å². The van der Waals surface area contributed by atoms with Gasteiger partial charge in [-0.05, 0) is 0 Å². The summed E-state index contributed by atoms with van der Waals surface area (Å²) in [6, 6.07) is 0. The van der Waals surface area contributed by atoms with Gasteiger partial charge in [-0.15, -0.1) is 0 Å². The van der Waals surface area contributed by atoms with E-state index in [0.29, 0.717) is 13.1 Å². The number of carbonyl (C=O) groups is 1. The quantitative estimate of drug-likeness (QED) is 0.425. The lowest BCUT2D eigenvalue weighted by molar-refractivity contribution is -0.129. The van der Waals surface area contributed by atoms with Gasteiger partial charge >= 0.3 is 0 Å². The van der Waals surface area contributed by atoms with E-state index in [2.05, 4.69) is 5.32 Å². The zero-order valence-corrected chi connectivity index (χ0v) is 5.42. The molecule has 1 aliphatic heterocycles. The van der Waals surface area contributed by atoms with Gasteiger partial charge in [-0.2, -0.15) is 0 Å². The first-order valence-electron chi connectivity index (χ1n) is 2.95. The van der Waals surface area contributed by atoms with Gasteiger partial charge in [0.25, 0.3) is 0 Å². The van der Waals surface area contributed by atoms with Crippen molar-refractivity contribution in [3.8, 4) is 0 Å². The second kappa shape index (κ2) is 2.33. The highest BCUT2D eigenvalue weighted by Gasteiger charge is 2.29. The molecule has 1 fully saturated rings. The number of amides is 1. The Hall–Kier alpha value is -0.610. The molecular formula is C5H11N3O. The molecule has 0 atom stereocenters. The summed E-state index contributed by atoms with van der Waals surface area (Å²) in [6.07, 6.45) is 0. The van der Waals surface area contributed by atoms with Gasteiger partial charge in [-0.25, -0.2) is 5.01 Å². The normalized spacial score (nSPS) is 21.1. The highest BCUT2D eigenvalue weighted by atomic mass is 16.2. The molecule has 0 unspecified atom stereocenters. The summed E-state index contributed by atoms with van der Waals surface area (Å²) in [6.45, 7) is 1.39. The third-order valence-electron chi connectivity index (χ3n) is 1.53. The first-order valence-corrected chi connectivity index (χ1v) is 2.95. The fourth-order valence-electron chi connectivity index (χ4n) is 0.883. The van der Waals surface area contributed by atoms with Gasteiger partial charge in [-0.1, -0.05) is 0 Å². The number of rotatable bonds is 1. The molecule has 52 valence electrons. The van der Waals surface area contributed by atoms with E-state index >= 15 is 0 Å². The molecule has 1 saturated heterocycles. The molecule has 0 saturated carbocycles. The molecule has 4 heteroatoms. The number of hydrazine groups is 1. The molecule has 1 amide bonds. The fourth-order valence-corrected chi connectivity index (χ4v) is 0.883. The van der Waals surface area contributed by atoms with Crippen LogP contribution in [0.4, 0.5) is 0 Å². The van der Waals surface area contributed by atoms with Crippen LogP contribution in [0.25, 0.3) is 0 Å². The van der Waals surface area contributed by atoms with Crippen molar-refractivity contribution in [2.75, 3.05) is 20.1 Å². The minimum absolute atomic E-state index is 0.0942. The molecule has 3 N–H and O–H groups in total. The van der Waals surface area contributed by atoms with Crippen LogP contribution in [-0.2, 0) is 4.79 Å². The van der Waals surface area contributed by atoms with E-state index in [1.807, 2.05) is 0 Å². The average molecular weight is 129 g/mol. The molecule has 0 aliphatic carbocycles. The number of nitrogens with zero attached hydrogens (tertiary/aromatic N) is 1. The molecule has 1 aliphatic rings. The minimum atomic E-state index is 0.0942. The molecule has 9 heavy (non-hydrogen) atoms. The molecule has 0 aromatic heterocycles. The molecule has 0 spiro atoms. The number of hydrogen-bond donors (Lipinski definition) is 2. The molecular weight excluding hydrogens is 118 g/mol. The Morgan fingerprint density at radius 3 is 2.67 bits per heavy atom. The van der Waals surface area contributed by atoms with E-state index in [4.69, 9.17) is 5.84 Å². The zero-order valence-electron chi connectivity index (χ0n) is 5.42. The summed E-state index contributed by atoms with van der Waals surface area (Å²) < 4.78 is 0. The standard InChI is InChI=1S/C5H11N3O/c1-7-5(9)4-2-8(6)3-4/h4H,2-3,6H2,1H3,(H,7,9). The zero-order chi connectivity index (χ0) is 6.85. The molecule has 0 aromatic rings. The van der Waals surface area contributed by atoms with Gasteiger partial charge in [0, 0.05) is 20.1 Å². The van der Waals surface area contributed by atoms with Crippen molar-refractivity contribution in [3.63, 3.8) is 0 Å². The summed E-state index contributed by atoms with van der Waals surface area (Å²) >= 11 is 0. The smallest absolute Gasteiger partial charge is 0.225 e. The second-order valence-electron chi connectivity index (χ2n) is 2.27. The Morgan fingerprint density at radius 2 is 2.33 bits per heavy atom. The van der Waals surface area contributed by atoms with E-state index in [1.54, 1.807) is 12.1 Å². The van der Waals surface area contributed by atoms with E-state index < -0.39 is 0 Å². The lowest BCUT2D eigenvalue weighted by Gasteiger charge is -2.33. The van der Waals surface area contributed by atoms with Gasteiger partial charge < -0.3 is 5.32 Å². The van der Waals surface area contributed by atoms with Gasteiger partial charge in [-0.3, -0.25) is 10.6 Å². The monoisotopic (exact) mass is 129 g/mol. The lowest BCUT2D eigenvalue weighted by Crippen LogP contribution is -2.56. The predicted molar refractivity (Wildman–Crippen MR) is 33.3 cm³/mol. The molecule has 1 heterocycles. The molecule has 1 rings (SSSR count). The Labute approximate surface area is 54.0 Å². The van der Waals surface area contributed by atoms with Gasteiger partial charge in [0.15, 0.2) is 0 Å². The topological polar surface area (TPSA) is 58.4 Å². The highest BCUT2D eigenvalue weighted by Crippen LogP contribution is 2.09. The van der Waals surface area contributed by atoms with Crippen LogP contribution < -0.4 is 11.2 Å². The SMILES string of the molecule is CNC(=O)C1CN(N)C1. The number of hydrogen-bond acceptors (Lipinski definition) is 3. The van der Waals surface area contributed by atoms with Crippen LogP contribution in [0.5, 0.6) is 0 Å². The van der Waals surface area contributed by atoms with E-state index in [9.17, 15) is 4.79 Å². The van der Waals surface area contributed by atoms with Crippen molar-refractivity contribution < 1.29 is 4.79 Å². The first kappa shape index (κ1) is 6.51. The van der Waals surface area contributed by atoms with Gasteiger partial charge in [0.05, 0.1) is 5.92 Å². The third-order valence-corrected chi connectivity index (χ3v) is 1.53. The van der Waals surface area contributed by atoms with Crippen LogP contribution in [0.1, 0.15) is 0 Å². The van der Waals surface area contributed by atoms with Crippen molar-refractivity contribution in [3.05, 3.63) is 0 Å². The Balaban J connectivity index is 2.23. The van der Waals surface area contributed by atoms with Crippen LogP contribution in [0.15, 0.2) is 0 Å². The van der Waals surface area contributed by atoms with E-state index in [-0.39, 0.29) is 11.8 Å². The fraction of sp³-hybridized carbons (Fsp3) is 0.800. The maximum atomic E-state index is 10.7. The summed E-state index contributed by atoms with van der Waals surface area (Å²) in [7, 11) is 1.64. The number of nitrogens with two attached hydrogens (primary N) is 1. The molecule has 0 aromatic carbocycles. The Kier molecular flexibility index (Phi) is 1.68. The summed E-state index contributed by atoms with van der Waals surface area (Å²) in [5.74, 6) is 5.53. The van der Waals surface area contributed by atoms with Gasteiger partial charge in [0.1, 0.15) is 0 Å². The largest absolute Gasteiger partial charge is 0.359 e. The van der Waals surface area contributed by atoms with E-state index in [0.717, 1.165) is 0 Å².